The van der Waals surface area contributed by atoms with Gasteiger partial charge < -0.3 is 11.1 Å². The minimum atomic E-state index is -0.462. The lowest BCUT2D eigenvalue weighted by molar-refractivity contribution is -0.117. The van der Waals surface area contributed by atoms with Crippen molar-refractivity contribution in [1.82, 2.24) is 14.8 Å². The summed E-state index contributed by atoms with van der Waals surface area (Å²) >= 11 is 0. The molecule has 0 radical (unpaired) electrons. The first kappa shape index (κ1) is 20.2. The lowest BCUT2D eigenvalue weighted by atomic mass is 9.96. The maximum absolute atomic E-state index is 15.0. The van der Waals surface area contributed by atoms with Crippen LogP contribution in [0.25, 0.3) is 21.9 Å². The monoisotopic (exact) mass is 429 g/mol. The Morgan fingerprint density at radius 1 is 1.19 bits per heavy atom. The molecule has 5 rings (SSSR count). The van der Waals surface area contributed by atoms with E-state index in [0.717, 1.165) is 22.1 Å². The maximum atomic E-state index is 15.0. The second kappa shape index (κ2) is 7.44. The van der Waals surface area contributed by atoms with E-state index in [0.29, 0.717) is 16.8 Å². The van der Waals surface area contributed by atoms with Gasteiger partial charge in [0.1, 0.15) is 5.82 Å². The van der Waals surface area contributed by atoms with Crippen LogP contribution in [0.2, 0.25) is 0 Å². The number of nitrogens with two attached hydrogens (primary N) is 1. The summed E-state index contributed by atoms with van der Waals surface area (Å²) in [6.45, 7) is 4.00. The summed E-state index contributed by atoms with van der Waals surface area (Å²) in [4.78, 5) is 17.2. The number of amides is 1. The quantitative estimate of drug-likeness (QED) is 0.462. The molecule has 1 amide bonds. The van der Waals surface area contributed by atoms with Crippen LogP contribution in [0.4, 0.5) is 15.9 Å². The van der Waals surface area contributed by atoms with Crippen molar-refractivity contribution in [3.05, 3.63) is 71.9 Å². The number of rotatable bonds is 4. The summed E-state index contributed by atoms with van der Waals surface area (Å²) in [5.74, 6) is 0.147. The minimum absolute atomic E-state index is 0.0542. The Morgan fingerprint density at radius 3 is 2.69 bits per heavy atom. The first-order chi connectivity index (χ1) is 15.3. The van der Waals surface area contributed by atoms with Gasteiger partial charge >= 0.3 is 0 Å². The van der Waals surface area contributed by atoms with Crippen molar-refractivity contribution < 1.29 is 9.18 Å². The number of aryl methyl sites for hydroxylation is 2. The predicted octanol–water partition coefficient (Wildman–Crippen LogP) is 4.65. The van der Waals surface area contributed by atoms with Gasteiger partial charge in [-0.3, -0.25) is 9.48 Å². The van der Waals surface area contributed by atoms with Crippen molar-refractivity contribution in [3.63, 3.8) is 0 Å². The molecule has 3 N–H and O–H groups in total. The number of halogens is 1. The predicted molar refractivity (Wildman–Crippen MR) is 124 cm³/mol. The lowest BCUT2D eigenvalue weighted by Gasteiger charge is -2.13. The molecule has 4 aromatic rings. The Bertz CT molecular complexity index is 1360. The zero-order valence-corrected chi connectivity index (χ0v) is 18.1. The molecule has 2 aromatic heterocycles. The third kappa shape index (κ3) is 3.30. The summed E-state index contributed by atoms with van der Waals surface area (Å²) < 4.78 is 16.8. The summed E-state index contributed by atoms with van der Waals surface area (Å²) in [6.07, 6.45) is 5.28. The minimum Gasteiger partial charge on any atom is -0.396 e. The third-order valence-electron chi connectivity index (χ3n) is 6.48. The fraction of sp³-hybridized carbons (Fsp3) is 0.240. The molecule has 32 heavy (non-hydrogen) atoms. The van der Waals surface area contributed by atoms with Crippen molar-refractivity contribution in [1.29, 1.82) is 0 Å². The SMILES string of the molecule is Cc1ccccc1-c1cc2cc(NC(=O)[C@H]3[C@@H](C)[C@@H]3c3cnn(C)c3)ncc2c(N)c1F. The van der Waals surface area contributed by atoms with Gasteiger partial charge in [0.2, 0.25) is 5.91 Å². The molecular weight excluding hydrogens is 405 g/mol. The first-order valence-corrected chi connectivity index (χ1v) is 10.6. The number of anilines is 2. The van der Waals surface area contributed by atoms with Crippen LogP contribution in [0.1, 0.15) is 24.0 Å². The number of nitrogens with one attached hydrogen (secondary N) is 1. The number of hydrogen-bond acceptors (Lipinski definition) is 4. The van der Waals surface area contributed by atoms with Crippen LogP contribution in [0.3, 0.4) is 0 Å². The summed E-state index contributed by atoms with van der Waals surface area (Å²) in [6, 6.07) is 11.1. The van der Waals surface area contributed by atoms with Crippen molar-refractivity contribution in [3.8, 4) is 11.1 Å². The molecule has 2 heterocycles. The molecule has 1 fully saturated rings. The largest absolute Gasteiger partial charge is 0.396 e. The van der Waals surface area contributed by atoms with Crippen LogP contribution in [0.15, 0.2) is 55.0 Å². The average Bonchev–Trinajstić information content (AvgIpc) is 3.25. The topological polar surface area (TPSA) is 85.8 Å². The number of carbonyl (C=O) groups excluding carboxylic acids is 1. The lowest BCUT2D eigenvalue weighted by Crippen LogP contribution is -2.16. The van der Waals surface area contributed by atoms with Crippen LogP contribution < -0.4 is 11.1 Å². The Morgan fingerprint density at radius 2 is 1.97 bits per heavy atom. The Labute approximate surface area is 185 Å². The number of benzene rings is 2. The van der Waals surface area contributed by atoms with E-state index in [9.17, 15) is 4.79 Å². The molecule has 0 unspecified atom stereocenters. The standard InChI is InChI=1S/C25H24FN5O/c1-13-6-4-5-7-17(13)18-8-15-9-20(28-11-19(15)24(27)23(18)26)30-25(32)22-14(2)21(22)16-10-29-31(3)12-16/h4-12,14,21-22H,27H2,1-3H3,(H,28,30,32)/t14-,21+,22-/m0/s1. The van der Waals surface area contributed by atoms with Crippen molar-refractivity contribution in [2.24, 2.45) is 18.9 Å². The molecule has 1 saturated carbocycles. The van der Waals surface area contributed by atoms with Gasteiger partial charge in [-0.2, -0.15) is 5.10 Å². The van der Waals surface area contributed by atoms with Gasteiger partial charge in [-0.25, -0.2) is 9.37 Å². The van der Waals surface area contributed by atoms with E-state index in [2.05, 4.69) is 22.3 Å². The number of carbonyl (C=O) groups is 1. The summed E-state index contributed by atoms with van der Waals surface area (Å²) in [5.41, 5.74) is 9.40. The maximum Gasteiger partial charge on any atom is 0.229 e. The van der Waals surface area contributed by atoms with Gasteiger partial charge in [-0.05, 0) is 47.1 Å². The number of nitrogens with zero attached hydrogens (tertiary/aromatic N) is 3. The molecule has 3 atom stereocenters. The van der Waals surface area contributed by atoms with Crippen molar-refractivity contribution in [2.75, 3.05) is 11.1 Å². The number of fused-ring (bicyclic) bond motifs is 1. The molecule has 0 spiro atoms. The number of hydrogen-bond donors (Lipinski definition) is 2. The van der Waals surface area contributed by atoms with E-state index in [4.69, 9.17) is 5.73 Å². The smallest absolute Gasteiger partial charge is 0.229 e. The van der Waals surface area contributed by atoms with E-state index in [1.807, 2.05) is 50.6 Å². The van der Waals surface area contributed by atoms with E-state index in [1.165, 1.54) is 6.20 Å². The highest BCUT2D eigenvalue weighted by atomic mass is 19.1. The third-order valence-corrected chi connectivity index (χ3v) is 6.48. The van der Waals surface area contributed by atoms with E-state index >= 15 is 4.39 Å². The second-order valence-corrected chi connectivity index (χ2v) is 8.60. The van der Waals surface area contributed by atoms with Crippen LogP contribution in [0.5, 0.6) is 0 Å². The van der Waals surface area contributed by atoms with Crippen molar-refractivity contribution >= 4 is 28.2 Å². The molecule has 7 heteroatoms. The molecule has 1 aliphatic carbocycles. The van der Waals surface area contributed by atoms with Gasteiger partial charge in [-0.15, -0.1) is 0 Å². The number of aromatic nitrogens is 3. The summed E-state index contributed by atoms with van der Waals surface area (Å²) in [7, 11) is 1.87. The first-order valence-electron chi connectivity index (χ1n) is 10.6. The van der Waals surface area contributed by atoms with Gasteiger partial charge in [0.15, 0.2) is 5.82 Å². The molecule has 2 aromatic carbocycles. The molecule has 6 nitrogen and oxygen atoms in total. The van der Waals surface area contributed by atoms with Crippen LogP contribution in [-0.2, 0) is 11.8 Å². The van der Waals surface area contributed by atoms with E-state index in [1.54, 1.807) is 16.8 Å². The van der Waals surface area contributed by atoms with Gasteiger partial charge in [0.25, 0.3) is 0 Å². The fourth-order valence-corrected chi connectivity index (χ4v) is 4.63. The Kier molecular flexibility index (Phi) is 4.69. The van der Waals surface area contributed by atoms with Crippen LogP contribution in [-0.4, -0.2) is 20.7 Å². The normalized spacial score (nSPS) is 19.8. The molecule has 0 saturated heterocycles. The van der Waals surface area contributed by atoms with Gasteiger partial charge in [0.05, 0.1) is 11.9 Å². The highest BCUT2D eigenvalue weighted by Crippen LogP contribution is 2.54. The molecule has 0 bridgehead atoms. The van der Waals surface area contributed by atoms with E-state index < -0.39 is 5.82 Å². The van der Waals surface area contributed by atoms with Gasteiger partial charge in [0, 0.05) is 42.2 Å². The average molecular weight is 429 g/mol. The zero-order valence-electron chi connectivity index (χ0n) is 18.1. The highest BCUT2D eigenvalue weighted by Gasteiger charge is 2.52. The molecule has 162 valence electrons. The van der Waals surface area contributed by atoms with Crippen LogP contribution in [0, 0.1) is 24.6 Å². The van der Waals surface area contributed by atoms with Gasteiger partial charge in [-0.1, -0.05) is 31.2 Å². The fourth-order valence-electron chi connectivity index (χ4n) is 4.63. The van der Waals surface area contributed by atoms with Crippen molar-refractivity contribution in [2.45, 2.75) is 19.8 Å². The summed E-state index contributed by atoms with van der Waals surface area (Å²) in [5, 5.41) is 8.38. The molecular formula is C25H24FN5O. The molecule has 0 aliphatic heterocycles. The number of nitrogen functional groups attached to an aromatic ring is 1. The Balaban J connectivity index is 1.45. The van der Waals surface area contributed by atoms with Crippen LogP contribution >= 0.6 is 0 Å². The number of pyridine rings is 1. The van der Waals surface area contributed by atoms with E-state index in [-0.39, 0.29) is 29.3 Å². The highest BCUT2D eigenvalue weighted by molar-refractivity contribution is 6.00. The zero-order chi connectivity index (χ0) is 22.6. The molecule has 1 aliphatic rings. The Hall–Kier alpha value is -3.74. The second-order valence-electron chi connectivity index (χ2n) is 8.60.